The highest BCUT2D eigenvalue weighted by atomic mass is 32.1. The van der Waals surface area contributed by atoms with Crippen LogP contribution in [0.5, 0.6) is 0 Å². The molecular formula is C13H19N3OS. The van der Waals surface area contributed by atoms with Gasteiger partial charge in [0.05, 0.1) is 21.6 Å². The van der Waals surface area contributed by atoms with E-state index in [1.54, 1.807) is 11.3 Å². The number of aromatic nitrogens is 1. The van der Waals surface area contributed by atoms with Crippen LogP contribution in [0.4, 0.5) is 11.4 Å². The maximum absolute atomic E-state index is 8.94. The van der Waals surface area contributed by atoms with Crippen molar-refractivity contribution in [2.75, 3.05) is 24.2 Å². The van der Waals surface area contributed by atoms with Gasteiger partial charge < -0.3 is 16.2 Å². The Bertz CT molecular complexity index is 512. The molecule has 1 heterocycles. The number of aliphatic hydroxyl groups excluding tert-OH is 1. The monoisotopic (exact) mass is 265 g/mol. The number of hydrogen-bond acceptors (Lipinski definition) is 5. The number of nitrogens with two attached hydrogens (primary N) is 1. The van der Waals surface area contributed by atoms with Crippen molar-refractivity contribution in [2.24, 2.45) is 5.92 Å². The van der Waals surface area contributed by atoms with Gasteiger partial charge >= 0.3 is 0 Å². The molecule has 0 bridgehead atoms. The Morgan fingerprint density at radius 1 is 1.50 bits per heavy atom. The highest BCUT2D eigenvalue weighted by Gasteiger charge is 2.06. The number of nitrogens with one attached hydrogen (secondary N) is 1. The van der Waals surface area contributed by atoms with Gasteiger partial charge in [-0.1, -0.05) is 6.92 Å². The predicted octanol–water partition coefficient (Wildman–Crippen LogP) is 2.70. The molecular weight excluding hydrogens is 246 g/mol. The Labute approximate surface area is 111 Å². The van der Waals surface area contributed by atoms with Gasteiger partial charge in [0.2, 0.25) is 0 Å². The van der Waals surface area contributed by atoms with E-state index in [9.17, 15) is 0 Å². The predicted molar refractivity (Wildman–Crippen MR) is 78.0 cm³/mol. The van der Waals surface area contributed by atoms with Gasteiger partial charge in [0.15, 0.2) is 0 Å². The molecule has 0 saturated carbocycles. The first-order chi connectivity index (χ1) is 8.72. The zero-order chi connectivity index (χ0) is 13.0. The van der Waals surface area contributed by atoms with Crippen LogP contribution in [0.15, 0.2) is 17.6 Å². The van der Waals surface area contributed by atoms with Crippen molar-refractivity contribution in [2.45, 2.75) is 19.8 Å². The van der Waals surface area contributed by atoms with Crippen molar-refractivity contribution in [3.8, 4) is 0 Å². The molecule has 5 heteroatoms. The second-order valence-corrected chi connectivity index (χ2v) is 5.47. The molecule has 1 aromatic heterocycles. The number of aliphatic hydroxyl groups is 1. The smallest absolute Gasteiger partial charge is 0.106 e. The summed E-state index contributed by atoms with van der Waals surface area (Å²) in [5.74, 6) is 0.366. The average molecular weight is 265 g/mol. The molecule has 98 valence electrons. The molecule has 4 nitrogen and oxygen atoms in total. The van der Waals surface area contributed by atoms with Gasteiger partial charge in [-0.15, -0.1) is 11.3 Å². The summed E-state index contributed by atoms with van der Waals surface area (Å²) in [5, 5.41) is 12.3. The van der Waals surface area contributed by atoms with Crippen LogP contribution in [0.2, 0.25) is 0 Å². The first kappa shape index (κ1) is 13.1. The van der Waals surface area contributed by atoms with E-state index in [1.807, 2.05) is 17.6 Å². The minimum atomic E-state index is 0.257. The van der Waals surface area contributed by atoms with E-state index >= 15 is 0 Å². The molecule has 1 unspecified atom stereocenters. The lowest BCUT2D eigenvalue weighted by atomic mass is 10.1. The minimum Gasteiger partial charge on any atom is -0.396 e. The number of thiazole rings is 1. The van der Waals surface area contributed by atoms with Gasteiger partial charge in [0.25, 0.3) is 0 Å². The maximum Gasteiger partial charge on any atom is 0.106 e. The molecule has 0 fully saturated rings. The fourth-order valence-corrected chi connectivity index (χ4v) is 2.56. The Morgan fingerprint density at radius 2 is 2.33 bits per heavy atom. The van der Waals surface area contributed by atoms with Crippen LogP contribution < -0.4 is 11.1 Å². The number of nitrogens with zero attached hydrogens (tertiary/aromatic N) is 1. The van der Waals surface area contributed by atoms with Crippen molar-refractivity contribution in [3.05, 3.63) is 17.6 Å². The second-order valence-electron chi connectivity index (χ2n) is 4.58. The molecule has 0 aliphatic rings. The number of benzene rings is 1. The van der Waals surface area contributed by atoms with E-state index < -0.39 is 0 Å². The van der Waals surface area contributed by atoms with Crippen molar-refractivity contribution in [1.82, 2.24) is 4.98 Å². The van der Waals surface area contributed by atoms with Crippen LogP contribution in [0.1, 0.15) is 19.8 Å². The fraction of sp³-hybridized carbons (Fsp3) is 0.462. The normalized spacial score (nSPS) is 12.8. The van der Waals surface area contributed by atoms with Crippen LogP contribution in [-0.4, -0.2) is 23.2 Å². The van der Waals surface area contributed by atoms with Gasteiger partial charge in [-0.2, -0.15) is 0 Å². The van der Waals surface area contributed by atoms with Gasteiger partial charge in [0, 0.05) is 13.2 Å². The minimum absolute atomic E-state index is 0.257. The highest BCUT2D eigenvalue weighted by molar-refractivity contribution is 7.16. The molecule has 0 amide bonds. The lowest BCUT2D eigenvalue weighted by Gasteiger charge is -2.11. The van der Waals surface area contributed by atoms with E-state index in [0.717, 1.165) is 41.0 Å². The third-order valence-electron chi connectivity index (χ3n) is 3.04. The molecule has 0 aliphatic carbocycles. The van der Waals surface area contributed by atoms with Gasteiger partial charge in [-0.25, -0.2) is 4.98 Å². The molecule has 0 saturated heterocycles. The number of hydrogen-bond donors (Lipinski definition) is 3. The lowest BCUT2D eigenvalue weighted by Crippen LogP contribution is -2.07. The van der Waals surface area contributed by atoms with Crippen molar-refractivity contribution in [1.29, 1.82) is 0 Å². The molecule has 0 spiro atoms. The summed E-state index contributed by atoms with van der Waals surface area (Å²) in [6, 6.07) is 4.05. The van der Waals surface area contributed by atoms with E-state index in [-0.39, 0.29) is 6.61 Å². The second kappa shape index (κ2) is 6.02. The van der Waals surface area contributed by atoms with E-state index in [2.05, 4.69) is 17.2 Å². The Hall–Kier alpha value is -1.33. The Morgan fingerprint density at radius 3 is 3.11 bits per heavy atom. The fourth-order valence-electron chi connectivity index (χ4n) is 1.87. The zero-order valence-electron chi connectivity index (χ0n) is 10.5. The molecule has 0 radical (unpaired) electrons. The van der Waals surface area contributed by atoms with Crippen molar-refractivity contribution in [3.63, 3.8) is 0 Å². The SMILES string of the molecule is CC(CO)CCCNc1ccc2scnc2c1N. The van der Waals surface area contributed by atoms with E-state index in [4.69, 9.17) is 10.8 Å². The topological polar surface area (TPSA) is 71.2 Å². The van der Waals surface area contributed by atoms with Crippen LogP contribution in [-0.2, 0) is 0 Å². The molecule has 0 aliphatic heterocycles. The van der Waals surface area contributed by atoms with E-state index in [0.29, 0.717) is 5.92 Å². The standard InChI is InChI=1S/C13H19N3OS/c1-9(7-17)3-2-6-15-10-4-5-11-13(12(10)14)16-8-18-11/h4-5,8-9,15,17H,2-3,6-7,14H2,1H3. The summed E-state index contributed by atoms with van der Waals surface area (Å²) >= 11 is 1.60. The summed E-state index contributed by atoms with van der Waals surface area (Å²) in [7, 11) is 0. The van der Waals surface area contributed by atoms with Gasteiger partial charge in [-0.05, 0) is 30.9 Å². The number of rotatable bonds is 6. The van der Waals surface area contributed by atoms with Crippen LogP contribution in [0.3, 0.4) is 0 Å². The summed E-state index contributed by atoms with van der Waals surface area (Å²) < 4.78 is 1.12. The quantitative estimate of drug-likeness (QED) is 0.555. The third kappa shape index (κ3) is 2.91. The molecule has 2 rings (SSSR count). The lowest BCUT2D eigenvalue weighted by molar-refractivity contribution is 0.229. The van der Waals surface area contributed by atoms with Crippen LogP contribution >= 0.6 is 11.3 Å². The Balaban J connectivity index is 1.93. The summed E-state index contributed by atoms with van der Waals surface area (Å²) in [6.45, 7) is 3.17. The first-order valence-electron chi connectivity index (χ1n) is 6.18. The average Bonchev–Trinajstić information content (AvgIpc) is 2.85. The van der Waals surface area contributed by atoms with Crippen molar-refractivity contribution < 1.29 is 5.11 Å². The molecule has 1 aromatic carbocycles. The maximum atomic E-state index is 8.94. The van der Waals surface area contributed by atoms with Crippen LogP contribution in [0, 0.1) is 5.92 Å². The molecule has 1 atom stereocenters. The largest absolute Gasteiger partial charge is 0.396 e. The van der Waals surface area contributed by atoms with Gasteiger partial charge in [0.1, 0.15) is 5.52 Å². The zero-order valence-corrected chi connectivity index (χ0v) is 11.3. The third-order valence-corrected chi connectivity index (χ3v) is 3.84. The summed E-state index contributed by atoms with van der Waals surface area (Å²) in [5.41, 5.74) is 10.4. The van der Waals surface area contributed by atoms with Crippen LogP contribution in [0.25, 0.3) is 10.2 Å². The number of anilines is 2. The first-order valence-corrected chi connectivity index (χ1v) is 7.06. The van der Waals surface area contributed by atoms with Crippen molar-refractivity contribution >= 4 is 32.9 Å². The Kier molecular flexibility index (Phi) is 4.38. The summed E-state index contributed by atoms with van der Waals surface area (Å²) in [4.78, 5) is 4.27. The summed E-state index contributed by atoms with van der Waals surface area (Å²) in [6.07, 6.45) is 2.04. The number of nitrogen functional groups attached to an aromatic ring is 1. The van der Waals surface area contributed by atoms with Gasteiger partial charge in [-0.3, -0.25) is 0 Å². The molecule has 18 heavy (non-hydrogen) atoms. The molecule has 2 aromatic rings. The van der Waals surface area contributed by atoms with E-state index in [1.165, 1.54) is 0 Å². The highest BCUT2D eigenvalue weighted by Crippen LogP contribution is 2.29. The number of fused-ring (bicyclic) bond motifs is 1. The molecule has 4 N–H and O–H groups in total.